The van der Waals surface area contributed by atoms with Crippen LogP contribution in [0.2, 0.25) is 0 Å². The number of ether oxygens (including phenoxy) is 3. The number of ketones is 1. The fourth-order valence-corrected chi connectivity index (χ4v) is 11.0. The van der Waals surface area contributed by atoms with E-state index in [4.69, 9.17) is 14.2 Å². The Morgan fingerprint density at radius 3 is 0.969 bits per heavy atom. The average molecular weight is 1340 g/mol. The Morgan fingerprint density at radius 2 is 0.680 bits per heavy atom. The zero-order valence-corrected chi connectivity index (χ0v) is 62.7. The number of fused-ring (bicyclic) bond motifs is 9. The van der Waals surface area contributed by atoms with E-state index in [2.05, 4.69) is 110 Å². The van der Waals surface area contributed by atoms with Gasteiger partial charge < -0.3 is 51.8 Å². The summed E-state index contributed by atoms with van der Waals surface area (Å²) in [7, 11) is 7.77. The van der Waals surface area contributed by atoms with Crippen LogP contribution in [0.3, 0.4) is 0 Å². The molecule has 17 heteroatoms. The summed E-state index contributed by atoms with van der Waals surface area (Å²) in [6.45, 7) is 33.7. The summed E-state index contributed by atoms with van der Waals surface area (Å²) in [4.78, 5) is 81.8. The molecule has 17 nitrogen and oxygen atoms in total. The van der Waals surface area contributed by atoms with Crippen LogP contribution in [-0.2, 0) is 33.4 Å². The van der Waals surface area contributed by atoms with Crippen LogP contribution in [0, 0.1) is 11.8 Å². The molecule has 6 aromatic rings. The SMILES string of the molecule is CC.CC.CC.CC.CC.CC.CC.CN.CNC(=O)C(C)CC(=O)C1CCCCC1NC(=O)OCC1c2ccccc2-c2ccccc21.CNC(=O)C(C)NC(=O)OCC1c2ccccc2-c2ccccc21.CNC(=O)OCC1c2ccccc2-c2ccccc21.CNC(C)=O. The molecule has 0 aromatic heterocycles. The quantitative estimate of drug-likeness (QED) is 0.0536. The van der Waals surface area contributed by atoms with Crippen molar-refractivity contribution in [2.24, 2.45) is 17.6 Å². The molecule has 4 aliphatic rings. The van der Waals surface area contributed by atoms with Crippen molar-refractivity contribution in [2.45, 2.75) is 180 Å². The van der Waals surface area contributed by atoms with Gasteiger partial charge in [-0.2, -0.15) is 0 Å². The third-order valence-corrected chi connectivity index (χ3v) is 15.2. The van der Waals surface area contributed by atoms with Crippen LogP contribution in [-0.4, -0.2) is 109 Å². The second kappa shape index (κ2) is 53.3. The highest BCUT2D eigenvalue weighted by Crippen LogP contribution is 2.47. The van der Waals surface area contributed by atoms with Crippen LogP contribution in [0.25, 0.3) is 33.4 Å². The number of alkyl carbamates (subject to hydrolysis) is 3. The van der Waals surface area contributed by atoms with E-state index in [1.165, 1.54) is 76.7 Å². The van der Waals surface area contributed by atoms with Crippen LogP contribution >= 0.6 is 0 Å². The first kappa shape index (κ1) is 90.2. The first-order chi connectivity index (χ1) is 47.2. The summed E-state index contributed by atoms with van der Waals surface area (Å²) in [5, 5.41) is 15.4. The number of hydrogen-bond acceptors (Lipinski definition) is 11. The van der Waals surface area contributed by atoms with E-state index in [1.54, 1.807) is 35.0 Å². The minimum Gasteiger partial charge on any atom is -0.449 e. The molecule has 0 saturated heterocycles. The Morgan fingerprint density at radius 1 is 0.402 bits per heavy atom. The van der Waals surface area contributed by atoms with E-state index in [0.717, 1.165) is 36.8 Å². The summed E-state index contributed by atoms with van der Waals surface area (Å²) >= 11 is 0. The van der Waals surface area contributed by atoms with Crippen molar-refractivity contribution in [2.75, 3.05) is 55.1 Å². The van der Waals surface area contributed by atoms with Crippen molar-refractivity contribution in [3.05, 3.63) is 179 Å². The molecule has 0 aliphatic heterocycles. The maximum atomic E-state index is 12.9. The highest BCUT2D eigenvalue weighted by Gasteiger charge is 2.35. The predicted octanol–water partition coefficient (Wildman–Crippen LogP) is 16.8. The molecule has 1 saturated carbocycles. The number of carbonyl (C=O) groups excluding carboxylic acids is 7. The number of nitrogens with two attached hydrogens (primary N) is 1. The first-order valence-electron chi connectivity index (χ1n) is 35.2. The van der Waals surface area contributed by atoms with Gasteiger partial charge in [-0.3, -0.25) is 19.2 Å². The number of hydrogen-bond donors (Lipinski definition) is 7. The van der Waals surface area contributed by atoms with E-state index in [-0.39, 0.29) is 84.9 Å². The van der Waals surface area contributed by atoms with Crippen molar-refractivity contribution >= 4 is 41.8 Å². The molecule has 0 heterocycles. The smallest absolute Gasteiger partial charge is 0.407 e. The summed E-state index contributed by atoms with van der Waals surface area (Å²) in [5.41, 5.74) is 18.8. The second-order valence-electron chi connectivity index (χ2n) is 20.3. The van der Waals surface area contributed by atoms with E-state index < -0.39 is 18.2 Å². The summed E-state index contributed by atoms with van der Waals surface area (Å²) < 4.78 is 16.3. The molecule has 4 atom stereocenters. The lowest BCUT2D eigenvalue weighted by atomic mass is 9.79. The molecule has 97 heavy (non-hydrogen) atoms. The lowest BCUT2D eigenvalue weighted by molar-refractivity contribution is -0.131. The van der Waals surface area contributed by atoms with Gasteiger partial charge in [-0.05, 0) is 93.6 Å². The first-order valence-corrected chi connectivity index (χ1v) is 35.2. The lowest BCUT2D eigenvalue weighted by Gasteiger charge is -2.31. The largest absolute Gasteiger partial charge is 0.449 e. The zero-order valence-electron chi connectivity index (χ0n) is 62.7. The van der Waals surface area contributed by atoms with Gasteiger partial charge in [0.15, 0.2) is 0 Å². The van der Waals surface area contributed by atoms with Crippen LogP contribution < -0.4 is 37.6 Å². The fraction of sp³-hybridized carbons (Fsp3) is 0.463. The Kier molecular flexibility index (Phi) is 49.6. The minimum absolute atomic E-state index is 0.000315. The molecule has 0 bridgehead atoms. The number of Topliss-reactive ketones (excluding diaryl/α,β-unsaturated/α-hetero) is 1. The molecule has 4 aliphatic carbocycles. The maximum absolute atomic E-state index is 12.9. The van der Waals surface area contributed by atoms with Gasteiger partial charge >= 0.3 is 18.3 Å². The minimum atomic E-state index is -0.634. The Balaban J connectivity index is 0. The lowest BCUT2D eigenvalue weighted by Crippen LogP contribution is -2.46. The van der Waals surface area contributed by atoms with Gasteiger partial charge in [0.1, 0.15) is 31.6 Å². The number of carbonyl (C=O) groups is 7. The summed E-state index contributed by atoms with van der Waals surface area (Å²) in [5.74, 6) is -0.863. The van der Waals surface area contributed by atoms with Crippen LogP contribution in [0.15, 0.2) is 146 Å². The van der Waals surface area contributed by atoms with Crippen molar-refractivity contribution in [3.8, 4) is 33.4 Å². The molecule has 6 aromatic carbocycles. The van der Waals surface area contributed by atoms with Gasteiger partial charge in [-0.25, -0.2) is 14.4 Å². The molecule has 10 rings (SSSR count). The normalized spacial score (nSPS) is 13.6. The molecular formula is C80H121N7O10. The summed E-state index contributed by atoms with van der Waals surface area (Å²) in [6.07, 6.45) is 2.11. The van der Waals surface area contributed by atoms with Gasteiger partial charge in [0.05, 0.1) is 0 Å². The number of rotatable bonds is 13. The maximum Gasteiger partial charge on any atom is 0.407 e. The van der Waals surface area contributed by atoms with Gasteiger partial charge in [-0.15, -0.1) is 0 Å². The van der Waals surface area contributed by atoms with E-state index in [1.807, 2.05) is 170 Å². The number of amides is 6. The molecule has 0 spiro atoms. The average Bonchev–Trinajstić information content (AvgIpc) is 1.64. The van der Waals surface area contributed by atoms with Crippen LogP contribution in [0.4, 0.5) is 14.4 Å². The Bertz CT molecular complexity index is 3070. The van der Waals surface area contributed by atoms with Crippen LogP contribution in [0.1, 0.15) is 201 Å². The van der Waals surface area contributed by atoms with Gasteiger partial charge in [0, 0.05) is 77.2 Å². The Hall–Kier alpha value is -8.83. The highest BCUT2D eigenvalue weighted by atomic mass is 16.6. The second-order valence-corrected chi connectivity index (χ2v) is 20.3. The standard InChI is InChI=1S/C27H32N2O4.C19H20N2O3.C16H15NO2.C3H7NO.7C2H6.CH5N/c1-17(26(31)28-2)15-25(30)22-13-7-8-14-24(22)29-27(32)33-16-23-20-11-5-3-9-18(20)19-10-4-6-12-21(19)23;1-12(18(22)20-2)21-19(23)24-11-17-15-9-5-3-7-13(15)14-8-4-6-10-16(14)17;1-17-16(18)19-10-15-13-8-4-2-6-11(13)12-7-3-5-9-14(12)15;1-3(5)4-2;8*1-2/h3-6,9-12,17,22-24H,7-8,13-16H2,1-2H3,(H,28,31)(H,29,32);3-10,12,17H,11H2,1-2H3,(H,20,22)(H,21,23);2-9,15H,10H2,1H3,(H,17,18);1-2H3,(H,4,5);7*1-2H3;2H2,1H3. The van der Waals surface area contributed by atoms with E-state index in [0.29, 0.717) is 6.61 Å². The number of likely N-dealkylation sites (N-methyl/N-ethyl adjacent to an activating group) is 1. The van der Waals surface area contributed by atoms with E-state index in [9.17, 15) is 33.6 Å². The Labute approximate surface area is 583 Å². The molecule has 0 radical (unpaired) electrons. The third-order valence-electron chi connectivity index (χ3n) is 15.2. The van der Waals surface area contributed by atoms with Crippen molar-refractivity contribution < 1.29 is 47.8 Å². The summed E-state index contributed by atoms with van der Waals surface area (Å²) in [6, 6.07) is 48.4. The van der Waals surface area contributed by atoms with Crippen molar-refractivity contribution in [1.82, 2.24) is 31.9 Å². The number of nitrogens with one attached hydrogen (secondary N) is 6. The molecule has 8 N–H and O–H groups in total. The molecular weight excluding hydrogens is 1220 g/mol. The molecule has 1 fully saturated rings. The van der Waals surface area contributed by atoms with Crippen molar-refractivity contribution in [1.29, 1.82) is 0 Å². The fourth-order valence-electron chi connectivity index (χ4n) is 11.0. The highest BCUT2D eigenvalue weighted by molar-refractivity contribution is 5.89. The third kappa shape index (κ3) is 27.7. The van der Waals surface area contributed by atoms with E-state index >= 15 is 0 Å². The monoisotopic (exact) mass is 1340 g/mol. The van der Waals surface area contributed by atoms with Gasteiger partial charge in [-0.1, -0.05) is 262 Å². The molecule has 6 amide bonds. The van der Waals surface area contributed by atoms with Gasteiger partial charge in [0.25, 0.3) is 0 Å². The van der Waals surface area contributed by atoms with Crippen LogP contribution in [0.5, 0.6) is 0 Å². The topological polar surface area (TPSA) is 245 Å². The van der Waals surface area contributed by atoms with Gasteiger partial charge in [0.2, 0.25) is 17.7 Å². The molecule has 536 valence electrons. The predicted molar refractivity (Wildman–Crippen MR) is 402 cm³/mol. The number of benzene rings is 6. The van der Waals surface area contributed by atoms with Crippen molar-refractivity contribution in [3.63, 3.8) is 0 Å². The molecule has 4 unspecified atom stereocenters. The zero-order chi connectivity index (χ0) is 74.0.